The quantitative estimate of drug-likeness (QED) is 0.375. The number of carbonyl (C=O) groups excluding carboxylic acids is 1. The predicted octanol–water partition coefficient (Wildman–Crippen LogP) is 1.79. The Hall–Kier alpha value is -2.04. The van der Waals surface area contributed by atoms with Gasteiger partial charge in [0.1, 0.15) is 0 Å². The number of oxime groups is 1. The topological polar surface area (TPSA) is 78.9 Å². The summed E-state index contributed by atoms with van der Waals surface area (Å²) in [6.07, 6.45) is 2.29. The molecule has 0 bridgehead atoms. The monoisotopic (exact) mass is 261 g/mol. The van der Waals surface area contributed by atoms with Crippen LogP contribution in [0.4, 0.5) is 5.69 Å². The smallest absolute Gasteiger partial charge is 0.229 e. The van der Waals surface area contributed by atoms with E-state index in [1.807, 2.05) is 13.0 Å². The number of hydrogen-bond acceptors (Lipinski definition) is 3. The van der Waals surface area contributed by atoms with E-state index in [1.54, 1.807) is 30.1 Å². The molecule has 1 saturated carbocycles. The van der Waals surface area contributed by atoms with Crippen molar-refractivity contribution in [2.75, 3.05) is 11.9 Å². The minimum absolute atomic E-state index is 0.0398. The van der Waals surface area contributed by atoms with Crippen molar-refractivity contribution in [1.82, 2.24) is 0 Å². The number of anilines is 1. The Kier molecular flexibility index (Phi) is 3.74. The molecule has 1 aromatic rings. The number of hydrogen-bond donors (Lipinski definition) is 2. The third kappa shape index (κ3) is 2.86. The molecule has 0 aliphatic heterocycles. The van der Waals surface area contributed by atoms with E-state index in [0.29, 0.717) is 11.5 Å². The Balaban J connectivity index is 2.18. The zero-order valence-electron chi connectivity index (χ0n) is 11.2. The number of benzene rings is 1. The summed E-state index contributed by atoms with van der Waals surface area (Å²) in [5.74, 6) is 0.733. The molecule has 1 aliphatic carbocycles. The van der Waals surface area contributed by atoms with Crippen LogP contribution in [0.2, 0.25) is 0 Å². The summed E-state index contributed by atoms with van der Waals surface area (Å²) in [6.45, 7) is 1.98. The van der Waals surface area contributed by atoms with Crippen LogP contribution in [-0.2, 0) is 4.79 Å². The summed E-state index contributed by atoms with van der Waals surface area (Å²) in [5.41, 5.74) is 6.90. The maximum Gasteiger partial charge on any atom is 0.229 e. The molecule has 1 unspecified atom stereocenters. The molecule has 1 aromatic carbocycles. The molecule has 1 fully saturated rings. The Labute approximate surface area is 112 Å². The molecule has 0 aromatic heterocycles. The van der Waals surface area contributed by atoms with E-state index in [-0.39, 0.29) is 17.7 Å². The summed E-state index contributed by atoms with van der Waals surface area (Å²) < 4.78 is 0. The highest BCUT2D eigenvalue weighted by molar-refractivity contribution is 6.00. The van der Waals surface area contributed by atoms with E-state index in [4.69, 9.17) is 10.9 Å². The van der Waals surface area contributed by atoms with Crippen LogP contribution >= 0.6 is 0 Å². The SMILES string of the molecule is CC(C(=O)N(C)c1cccc(/C(N)=N/O)c1)C1CC1. The molecule has 0 saturated heterocycles. The summed E-state index contributed by atoms with van der Waals surface area (Å²) in [4.78, 5) is 13.9. The zero-order valence-corrected chi connectivity index (χ0v) is 11.2. The summed E-state index contributed by atoms with van der Waals surface area (Å²) in [7, 11) is 1.76. The van der Waals surface area contributed by atoms with Crippen LogP contribution in [0.1, 0.15) is 25.3 Å². The van der Waals surface area contributed by atoms with Crippen LogP contribution in [0.25, 0.3) is 0 Å². The number of rotatable bonds is 4. The van der Waals surface area contributed by atoms with Gasteiger partial charge in [0.2, 0.25) is 5.91 Å². The standard InChI is InChI=1S/C14H19N3O2/c1-9(10-6-7-10)14(18)17(2)12-5-3-4-11(8-12)13(15)16-19/h3-5,8-10,19H,6-7H2,1-2H3,(H2,15,16). The number of amides is 1. The van der Waals surface area contributed by atoms with Crippen LogP contribution in [-0.4, -0.2) is 24.0 Å². The average Bonchev–Trinajstić information content (AvgIpc) is 3.28. The molecule has 2 rings (SSSR count). The Bertz CT molecular complexity index is 509. The van der Waals surface area contributed by atoms with Crippen molar-refractivity contribution in [3.63, 3.8) is 0 Å². The Morgan fingerprint density at radius 2 is 2.21 bits per heavy atom. The molecule has 5 nitrogen and oxygen atoms in total. The molecular weight excluding hydrogens is 242 g/mol. The lowest BCUT2D eigenvalue weighted by atomic mass is 10.0. The van der Waals surface area contributed by atoms with Crippen molar-refractivity contribution in [3.8, 4) is 0 Å². The van der Waals surface area contributed by atoms with Gasteiger partial charge in [-0.15, -0.1) is 0 Å². The van der Waals surface area contributed by atoms with Gasteiger partial charge in [-0.05, 0) is 30.9 Å². The van der Waals surface area contributed by atoms with Crippen molar-refractivity contribution in [2.45, 2.75) is 19.8 Å². The number of nitrogens with zero attached hydrogens (tertiary/aromatic N) is 2. The molecular formula is C14H19N3O2. The fourth-order valence-corrected chi connectivity index (χ4v) is 2.16. The average molecular weight is 261 g/mol. The van der Waals surface area contributed by atoms with Gasteiger partial charge < -0.3 is 15.8 Å². The first-order chi connectivity index (χ1) is 9.04. The molecule has 3 N–H and O–H groups in total. The van der Waals surface area contributed by atoms with Gasteiger partial charge in [0.15, 0.2) is 5.84 Å². The minimum Gasteiger partial charge on any atom is -0.409 e. The first-order valence-electron chi connectivity index (χ1n) is 6.40. The van der Waals surface area contributed by atoms with Gasteiger partial charge in [-0.1, -0.05) is 24.2 Å². The summed E-state index contributed by atoms with van der Waals surface area (Å²) >= 11 is 0. The highest BCUT2D eigenvalue weighted by Crippen LogP contribution is 2.37. The minimum atomic E-state index is 0.0398. The lowest BCUT2D eigenvalue weighted by Gasteiger charge is -2.21. The molecule has 102 valence electrons. The van der Waals surface area contributed by atoms with E-state index in [1.165, 1.54) is 0 Å². The van der Waals surface area contributed by atoms with Crippen LogP contribution in [0.15, 0.2) is 29.4 Å². The van der Waals surface area contributed by atoms with Crippen LogP contribution in [0.5, 0.6) is 0 Å². The van der Waals surface area contributed by atoms with Crippen LogP contribution < -0.4 is 10.6 Å². The van der Waals surface area contributed by atoms with Crippen molar-refractivity contribution in [2.24, 2.45) is 22.7 Å². The fraction of sp³-hybridized carbons (Fsp3) is 0.429. The van der Waals surface area contributed by atoms with Gasteiger partial charge in [0.05, 0.1) is 0 Å². The lowest BCUT2D eigenvalue weighted by Crippen LogP contribution is -2.32. The third-order valence-electron chi connectivity index (χ3n) is 3.69. The van der Waals surface area contributed by atoms with E-state index in [0.717, 1.165) is 18.5 Å². The second-order valence-corrected chi connectivity index (χ2v) is 5.06. The van der Waals surface area contributed by atoms with Gasteiger partial charge in [-0.25, -0.2) is 0 Å². The Morgan fingerprint density at radius 1 is 1.53 bits per heavy atom. The van der Waals surface area contributed by atoms with Crippen molar-refractivity contribution in [1.29, 1.82) is 0 Å². The molecule has 19 heavy (non-hydrogen) atoms. The van der Waals surface area contributed by atoms with Crippen molar-refractivity contribution >= 4 is 17.4 Å². The van der Waals surface area contributed by atoms with Gasteiger partial charge >= 0.3 is 0 Å². The van der Waals surface area contributed by atoms with Crippen LogP contribution in [0.3, 0.4) is 0 Å². The lowest BCUT2D eigenvalue weighted by molar-refractivity contribution is -0.122. The van der Waals surface area contributed by atoms with Crippen molar-refractivity contribution < 1.29 is 10.0 Å². The number of nitrogens with two attached hydrogens (primary N) is 1. The number of carbonyl (C=O) groups is 1. The first-order valence-corrected chi connectivity index (χ1v) is 6.40. The second kappa shape index (κ2) is 5.30. The van der Waals surface area contributed by atoms with Crippen LogP contribution in [0, 0.1) is 11.8 Å². The summed E-state index contributed by atoms with van der Waals surface area (Å²) in [5, 5.41) is 11.6. The molecule has 1 atom stereocenters. The van der Waals surface area contributed by atoms with Gasteiger partial charge in [-0.3, -0.25) is 4.79 Å². The largest absolute Gasteiger partial charge is 0.409 e. The first kappa shape index (κ1) is 13.4. The second-order valence-electron chi connectivity index (χ2n) is 5.06. The molecule has 0 heterocycles. The molecule has 1 aliphatic rings. The normalized spacial score (nSPS) is 17.1. The van der Waals surface area contributed by atoms with E-state index in [9.17, 15) is 4.79 Å². The Morgan fingerprint density at radius 3 is 2.79 bits per heavy atom. The highest BCUT2D eigenvalue weighted by atomic mass is 16.4. The fourth-order valence-electron chi connectivity index (χ4n) is 2.16. The van der Waals surface area contributed by atoms with Gasteiger partial charge in [0, 0.05) is 24.2 Å². The van der Waals surface area contributed by atoms with E-state index >= 15 is 0 Å². The molecule has 0 spiro atoms. The zero-order chi connectivity index (χ0) is 14.0. The summed E-state index contributed by atoms with van der Waals surface area (Å²) in [6, 6.07) is 7.10. The van der Waals surface area contributed by atoms with Gasteiger partial charge in [0.25, 0.3) is 0 Å². The number of amidine groups is 1. The molecule has 5 heteroatoms. The van der Waals surface area contributed by atoms with Crippen molar-refractivity contribution in [3.05, 3.63) is 29.8 Å². The van der Waals surface area contributed by atoms with E-state index < -0.39 is 0 Å². The third-order valence-corrected chi connectivity index (χ3v) is 3.69. The van der Waals surface area contributed by atoms with Gasteiger partial charge in [-0.2, -0.15) is 0 Å². The molecule has 0 radical (unpaired) electrons. The highest BCUT2D eigenvalue weighted by Gasteiger charge is 2.34. The predicted molar refractivity (Wildman–Crippen MR) is 74.3 cm³/mol. The maximum atomic E-state index is 12.3. The molecule has 1 amide bonds. The maximum absolute atomic E-state index is 12.3. The van der Waals surface area contributed by atoms with E-state index in [2.05, 4.69) is 5.16 Å².